The molecule has 1 aromatic carbocycles. The molecule has 3 atom stereocenters. The highest BCUT2D eigenvalue weighted by Crippen LogP contribution is 2.32. The van der Waals surface area contributed by atoms with Crippen molar-refractivity contribution in [2.24, 2.45) is 0 Å². The van der Waals surface area contributed by atoms with Crippen molar-refractivity contribution in [2.45, 2.75) is 56.7 Å². The Bertz CT molecular complexity index is 1190. The molecule has 0 bridgehead atoms. The fourth-order valence-electron chi connectivity index (χ4n) is 4.92. The molecule has 1 fully saturated rings. The van der Waals surface area contributed by atoms with Crippen LogP contribution in [-0.2, 0) is 20.7 Å². The Balaban J connectivity index is 1.49. The lowest BCUT2D eigenvalue weighted by molar-refractivity contribution is -0.153. The van der Waals surface area contributed by atoms with Gasteiger partial charge in [-0.15, -0.1) is 0 Å². The van der Waals surface area contributed by atoms with Crippen LogP contribution in [0.3, 0.4) is 0 Å². The maximum Gasteiger partial charge on any atom is 0.328 e. The number of halogens is 1. The van der Waals surface area contributed by atoms with Crippen LogP contribution < -0.4 is 5.32 Å². The van der Waals surface area contributed by atoms with Crippen LogP contribution in [0.4, 0.5) is 4.39 Å². The predicted octanol–water partition coefficient (Wildman–Crippen LogP) is 3.71. The van der Waals surface area contributed by atoms with Crippen LogP contribution in [0.25, 0.3) is 0 Å². The molecule has 1 saturated heterocycles. The normalized spacial score (nSPS) is 21.5. The molecule has 0 radical (unpaired) electrons. The minimum atomic E-state index is -0.889. The molecule has 0 saturated carbocycles. The number of likely N-dealkylation sites (tertiary alicyclic amines) is 1. The monoisotopic (exact) mass is 491 g/mol. The summed E-state index contributed by atoms with van der Waals surface area (Å²) < 4.78 is 18.3. The molecule has 0 spiro atoms. The largest absolute Gasteiger partial charge is 0.467 e. The zero-order chi connectivity index (χ0) is 25.9. The van der Waals surface area contributed by atoms with Crippen LogP contribution in [0.2, 0.25) is 0 Å². The van der Waals surface area contributed by atoms with Gasteiger partial charge in [-0.05, 0) is 56.5 Å². The van der Waals surface area contributed by atoms with Gasteiger partial charge in [0, 0.05) is 29.8 Å². The molecule has 1 aliphatic carbocycles. The number of hydrogen-bond acceptors (Lipinski definition) is 5. The van der Waals surface area contributed by atoms with E-state index in [0.29, 0.717) is 12.0 Å². The molecule has 2 aliphatic rings. The van der Waals surface area contributed by atoms with E-state index in [1.54, 1.807) is 18.2 Å². The van der Waals surface area contributed by atoms with Crippen LogP contribution in [0.5, 0.6) is 0 Å². The predicted molar refractivity (Wildman–Crippen MR) is 133 cm³/mol. The first-order chi connectivity index (χ1) is 17.2. The zero-order valence-electron chi connectivity index (χ0n) is 20.6. The number of allylic oxidation sites excluding steroid dienone is 4. The van der Waals surface area contributed by atoms with E-state index < -0.39 is 29.5 Å². The van der Waals surface area contributed by atoms with E-state index in [4.69, 9.17) is 4.74 Å². The second-order valence-electron chi connectivity index (χ2n) is 9.75. The van der Waals surface area contributed by atoms with Crippen molar-refractivity contribution in [1.82, 2.24) is 15.2 Å². The first kappa shape index (κ1) is 25.3. The van der Waals surface area contributed by atoms with Crippen LogP contribution in [-0.4, -0.2) is 52.4 Å². The maximum absolute atomic E-state index is 13.5. The van der Waals surface area contributed by atoms with Gasteiger partial charge in [0.1, 0.15) is 17.9 Å². The topological polar surface area (TPSA) is 88.6 Å². The molecule has 188 valence electrons. The number of carbonyl (C=O) groups excluding carboxylic acids is 3. The molecular weight excluding hydrogens is 461 g/mol. The van der Waals surface area contributed by atoms with E-state index in [1.807, 2.05) is 32.1 Å². The van der Waals surface area contributed by atoms with Gasteiger partial charge in [-0.1, -0.05) is 36.4 Å². The standard InChI is InChI=1S/C28H30FN3O4/c1-28(2,16-18-9-12-21(29)13-10-18)32-24(27(35)36-3)15-23(26(32)34)31-25(33)20-11-14-22(30-17-20)19-7-5-4-6-8-19/h4-7,9-14,17,19,23-24H,8,15-16H2,1-3H3,(H,31,33)/t19?,23-,24-/m0/s1. The lowest BCUT2D eigenvalue weighted by Crippen LogP contribution is -2.54. The Morgan fingerprint density at radius 3 is 2.53 bits per heavy atom. The smallest absolute Gasteiger partial charge is 0.328 e. The first-order valence-corrected chi connectivity index (χ1v) is 11.9. The number of benzene rings is 1. The van der Waals surface area contributed by atoms with Crippen LogP contribution >= 0.6 is 0 Å². The van der Waals surface area contributed by atoms with Gasteiger partial charge in [-0.25, -0.2) is 9.18 Å². The number of nitrogens with one attached hydrogen (secondary N) is 1. The Labute approximate surface area is 210 Å². The number of ether oxygens (including phenoxy) is 1. The summed E-state index contributed by atoms with van der Waals surface area (Å²) in [6, 6.07) is 7.79. The summed E-state index contributed by atoms with van der Waals surface area (Å²) in [6.45, 7) is 3.68. The molecule has 8 heteroatoms. The summed E-state index contributed by atoms with van der Waals surface area (Å²) in [4.78, 5) is 45.0. The van der Waals surface area contributed by atoms with Crippen LogP contribution in [0.1, 0.15) is 54.2 Å². The summed E-state index contributed by atoms with van der Waals surface area (Å²) >= 11 is 0. The summed E-state index contributed by atoms with van der Waals surface area (Å²) in [5.74, 6) is -1.53. The number of nitrogens with zero attached hydrogens (tertiary/aromatic N) is 2. The summed E-state index contributed by atoms with van der Waals surface area (Å²) in [5, 5.41) is 2.77. The summed E-state index contributed by atoms with van der Waals surface area (Å²) in [7, 11) is 1.27. The quantitative estimate of drug-likeness (QED) is 0.597. The van der Waals surface area contributed by atoms with Crippen molar-refractivity contribution in [3.63, 3.8) is 0 Å². The molecule has 1 N–H and O–H groups in total. The molecular formula is C28H30FN3O4. The number of rotatable bonds is 7. The average molecular weight is 492 g/mol. The molecule has 2 heterocycles. The van der Waals surface area contributed by atoms with Gasteiger partial charge in [0.05, 0.1) is 12.7 Å². The van der Waals surface area contributed by atoms with Crippen molar-refractivity contribution in [1.29, 1.82) is 0 Å². The highest BCUT2D eigenvalue weighted by Gasteiger charge is 2.50. The van der Waals surface area contributed by atoms with E-state index in [0.717, 1.165) is 17.7 Å². The number of methoxy groups -OCH3 is 1. The van der Waals surface area contributed by atoms with E-state index in [9.17, 15) is 18.8 Å². The van der Waals surface area contributed by atoms with Gasteiger partial charge in [0.25, 0.3) is 5.91 Å². The minimum Gasteiger partial charge on any atom is -0.467 e. The van der Waals surface area contributed by atoms with Crippen molar-refractivity contribution >= 4 is 17.8 Å². The Morgan fingerprint density at radius 2 is 1.92 bits per heavy atom. The van der Waals surface area contributed by atoms with Crippen molar-refractivity contribution in [2.75, 3.05) is 7.11 Å². The van der Waals surface area contributed by atoms with E-state index in [2.05, 4.69) is 22.5 Å². The molecule has 36 heavy (non-hydrogen) atoms. The summed E-state index contributed by atoms with van der Waals surface area (Å²) in [6.07, 6.45) is 10.9. The van der Waals surface area contributed by atoms with Gasteiger partial charge < -0.3 is 15.0 Å². The molecule has 1 aliphatic heterocycles. The van der Waals surface area contributed by atoms with Gasteiger partial charge in [0.2, 0.25) is 5.91 Å². The second-order valence-corrected chi connectivity index (χ2v) is 9.75. The third-order valence-electron chi connectivity index (χ3n) is 6.70. The average Bonchev–Trinajstić information content (AvgIpc) is 3.22. The van der Waals surface area contributed by atoms with E-state index in [-0.39, 0.29) is 24.1 Å². The maximum atomic E-state index is 13.5. The molecule has 2 amide bonds. The number of hydrogen-bond donors (Lipinski definition) is 1. The molecule has 4 rings (SSSR count). The number of carbonyl (C=O) groups is 3. The third-order valence-corrected chi connectivity index (χ3v) is 6.70. The van der Waals surface area contributed by atoms with Gasteiger partial charge in [0.15, 0.2) is 0 Å². The SMILES string of the molecule is COC(=O)[C@@H]1C[C@H](NC(=O)c2ccc(C3C=CC=CC3)nc2)C(=O)N1C(C)(C)Cc1ccc(F)cc1. The Hall–Kier alpha value is -3.81. The van der Waals surface area contributed by atoms with Crippen LogP contribution in [0, 0.1) is 5.82 Å². The summed E-state index contributed by atoms with van der Waals surface area (Å²) in [5.41, 5.74) is 1.22. The van der Waals surface area contributed by atoms with Crippen molar-refractivity contribution in [3.8, 4) is 0 Å². The number of amides is 2. The number of aromatic nitrogens is 1. The molecule has 2 aromatic rings. The number of esters is 1. The zero-order valence-corrected chi connectivity index (χ0v) is 20.6. The Kier molecular flexibility index (Phi) is 7.33. The minimum absolute atomic E-state index is 0.0921. The number of pyridine rings is 1. The third kappa shape index (κ3) is 5.37. The van der Waals surface area contributed by atoms with Gasteiger partial charge >= 0.3 is 5.97 Å². The first-order valence-electron chi connectivity index (χ1n) is 11.9. The van der Waals surface area contributed by atoms with E-state index in [1.165, 1.54) is 30.3 Å². The highest BCUT2D eigenvalue weighted by atomic mass is 19.1. The van der Waals surface area contributed by atoms with Crippen molar-refractivity contribution in [3.05, 3.63) is 89.5 Å². The van der Waals surface area contributed by atoms with Crippen LogP contribution in [0.15, 0.2) is 66.9 Å². The molecule has 1 aromatic heterocycles. The molecule has 7 nitrogen and oxygen atoms in total. The second kappa shape index (κ2) is 10.4. The van der Waals surface area contributed by atoms with Gasteiger partial charge in [-0.2, -0.15) is 0 Å². The lowest BCUT2D eigenvalue weighted by Gasteiger charge is -2.39. The Morgan fingerprint density at radius 1 is 1.17 bits per heavy atom. The van der Waals surface area contributed by atoms with Gasteiger partial charge in [-0.3, -0.25) is 14.6 Å². The molecule has 1 unspecified atom stereocenters. The fraction of sp³-hybridized carbons (Fsp3) is 0.357. The highest BCUT2D eigenvalue weighted by molar-refractivity contribution is 5.99. The van der Waals surface area contributed by atoms with Crippen molar-refractivity contribution < 1.29 is 23.5 Å². The van der Waals surface area contributed by atoms with E-state index >= 15 is 0 Å². The lowest BCUT2D eigenvalue weighted by atomic mass is 9.92. The fourth-order valence-corrected chi connectivity index (χ4v) is 4.92.